The van der Waals surface area contributed by atoms with E-state index in [1.807, 2.05) is 32.5 Å². The number of unbranched alkanes of at least 4 members (excludes halogenated alkanes) is 1. The molecule has 0 unspecified atom stereocenters. The molecule has 0 fully saturated rings. The molecule has 0 heterocycles. The average Bonchev–Trinajstić information content (AvgIpc) is 2.24. The molecule has 0 rings (SSSR count). The van der Waals surface area contributed by atoms with Crippen LogP contribution in [-0.2, 0) is 9.47 Å². The molecule has 0 spiro atoms. The van der Waals surface area contributed by atoms with E-state index >= 15 is 0 Å². The minimum atomic E-state index is -0.160. The van der Waals surface area contributed by atoms with Gasteiger partial charge in [-0.05, 0) is 32.9 Å². The van der Waals surface area contributed by atoms with Crippen LogP contribution in [0.1, 0.15) is 40.5 Å². The first-order chi connectivity index (χ1) is 7.29. The highest BCUT2D eigenvalue weighted by Crippen LogP contribution is 2.23. The van der Waals surface area contributed by atoms with Gasteiger partial charge in [0.25, 0.3) is 0 Å². The van der Waals surface area contributed by atoms with Gasteiger partial charge in [-0.1, -0.05) is 19.4 Å². The van der Waals surface area contributed by atoms with Crippen molar-refractivity contribution in [3.63, 3.8) is 0 Å². The van der Waals surface area contributed by atoms with E-state index in [1.165, 1.54) is 17.7 Å². The monoisotopic (exact) mass is 232 g/mol. The molecule has 0 amide bonds. The SMILES string of the molecule is CC=C(SCCCC)C(OCC)OCC. The average molecular weight is 232 g/mol. The van der Waals surface area contributed by atoms with Gasteiger partial charge in [0.15, 0.2) is 6.29 Å². The molecule has 0 saturated carbocycles. The van der Waals surface area contributed by atoms with Gasteiger partial charge in [0, 0.05) is 18.1 Å². The molecule has 0 aromatic carbocycles. The predicted octanol–water partition coefficient (Wildman–Crippen LogP) is 3.82. The van der Waals surface area contributed by atoms with E-state index in [1.54, 1.807) is 0 Å². The maximum Gasteiger partial charge on any atom is 0.189 e. The van der Waals surface area contributed by atoms with Crippen LogP contribution in [0.2, 0.25) is 0 Å². The molecular weight excluding hydrogens is 208 g/mol. The van der Waals surface area contributed by atoms with Gasteiger partial charge < -0.3 is 9.47 Å². The number of allylic oxidation sites excluding steroid dienone is 1. The van der Waals surface area contributed by atoms with Gasteiger partial charge in [0.2, 0.25) is 0 Å². The second kappa shape index (κ2) is 10.5. The Hall–Kier alpha value is 0.01000. The molecule has 15 heavy (non-hydrogen) atoms. The van der Waals surface area contributed by atoms with Gasteiger partial charge in [-0.2, -0.15) is 0 Å². The fraction of sp³-hybridized carbons (Fsp3) is 0.833. The maximum atomic E-state index is 5.55. The standard InChI is InChI=1S/C12H24O2S/c1-5-9-10-15-11(6-2)12(13-7-3)14-8-4/h6,12H,5,7-10H2,1-4H3. The maximum absolute atomic E-state index is 5.55. The smallest absolute Gasteiger partial charge is 0.189 e. The molecule has 0 aromatic heterocycles. The van der Waals surface area contributed by atoms with Gasteiger partial charge >= 0.3 is 0 Å². The van der Waals surface area contributed by atoms with Crippen molar-refractivity contribution in [1.82, 2.24) is 0 Å². The first-order valence-corrected chi connectivity index (χ1v) is 6.80. The normalized spacial score (nSPS) is 12.5. The number of thioether (sulfide) groups is 1. The number of hydrogen-bond donors (Lipinski definition) is 0. The molecule has 2 nitrogen and oxygen atoms in total. The van der Waals surface area contributed by atoms with Crippen molar-refractivity contribution in [2.24, 2.45) is 0 Å². The predicted molar refractivity (Wildman–Crippen MR) is 68.2 cm³/mol. The third-order valence-electron chi connectivity index (χ3n) is 1.92. The van der Waals surface area contributed by atoms with E-state index in [2.05, 4.69) is 13.0 Å². The Morgan fingerprint density at radius 3 is 2.20 bits per heavy atom. The Bertz CT molecular complexity index is 163. The molecule has 0 aliphatic heterocycles. The van der Waals surface area contributed by atoms with Gasteiger partial charge in [0.1, 0.15) is 0 Å². The van der Waals surface area contributed by atoms with Crippen LogP contribution in [0, 0.1) is 0 Å². The summed E-state index contributed by atoms with van der Waals surface area (Å²) in [5, 5.41) is 0. The summed E-state index contributed by atoms with van der Waals surface area (Å²) < 4.78 is 11.1. The zero-order chi connectivity index (χ0) is 11.5. The van der Waals surface area contributed by atoms with Crippen LogP contribution < -0.4 is 0 Å². The van der Waals surface area contributed by atoms with Crippen molar-refractivity contribution in [3.05, 3.63) is 11.0 Å². The molecular formula is C12H24O2S. The van der Waals surface area contributed by atoms with Crippen LogP contribution >= 0.6 is 11.8 Å². The Morgan fingerprint density at radius 1 is 1.20 bits per heavy atom. The van der Waals surface area contributed by atoms with Crippen LogP contribution in [0.5, 0.6) is 0 Å². The third kappa shape index (κ3) is 6.98. The van der Waals surface area contributed by atoms with E-state index < -0.39 is 0 Å². The Balaban J connectivity index is 4.07. The molecule has 0 aliphatic carbocycles. The topological polar surface area (TPSA) is 18.5 Å². The highest BCUT2D eigenvalue weighted by Gasteiger charge is 2.13. The molecule has 3 heteroatoms. The first kappa shape index (κ1) is 15.0. The molecule has 0 atom stereocenters. The highest BCUT2D eigenvalue weighted by molar-refractivity contribution is 8.03. The quantitative estimate of drug-likeness (QED) is 0.445. The van der Waals surface area contributed by atoms with Gasteiger partial charge in [-0.15, -0.1) is 11.8 Å². The summed E-state index contributed by atoms with van der Waals surface area (Å²) in [4.78, 5) is 1.20. The van der Waals surface area contributed by atoms with Crippen molar-refractivity contribution in [2.75, 3.05) is 19.0 Å². The van der Waals surface area contributed by atoms with E-state index in [4.69, 9.17) is 9.47 Å². The van der Waals surface area contributed by atoms with Crippen molar-refractivity contribution in [1.29, 1.82) is 0 Å². The third-order valence-corrected chi connectivity index (χ3v) is 3.17. The lowest BCUT2D eigenvalue weighted by Crippen LogP contribution is -2.18. The summed E-state index contributed by atoms with van der Waals surface area (Å²) in [6.07, 6.45) is 4.41. The molecule has 90 valence electrons. The second-order valence-corrected chi connectivity index (χ2v) is 4.30. The fourth-order valence-corrected chi connectivity index (χ4v) is 2.24. The summed E-state index contributed by atoms with van der Waals surface area (Å²) in [6, 6.07) is 0. The van der Waals surface area contributed by atoms with E-state index in [0.29, 0.717) is 13.2 Å². The highest BCUT2D eigenvalue weighted by atomic mass is 32.2. The summed E-state index contributed by atoms with van der Waals surface area (Å²) in [5.74, 6) is 1.15. The molecule has 0 aliphatic rings. The lowest BCUT2D eigenvalue weighted by atomic mass is 10.4. The van der Waals surface area contributed by atoms with Crippen molar-refractivity contribution < 1.29 is 9.47 Å². The van der Waals surface area contributed by atoms with E-state index in [9.17, 15) is 0 Å². The molecule has 0 aromatic rings. The largest absolute Gasteiger partial charge is 0.348 e. The summed E-state index contributed by atoms with van der Waals surface area (Å²) in [6.45, 7) is 9.62. The van der Waals surface area contributed by atoms with Crippen LogP contribution in [0.3, 0.4) is 0 Å². The minimum Gasteiger partial charge on any atom is -0.348 e. The molecule has 0 N–H and O–H groups in total. The Labute approximate surface area is 98.4 Å². The van der Waals surface area contributed by atoms with Crippen LogP contribution in [0.4, 0.5) is 0 Å². The van der Waals surface area contributed by atoms with Crippen LogP contribution in [0.15, 0.2) is 11.0 Å². The van der Waals surface area contributed by atoms with Gasteiger partial charge in [-0.25, -0.2) is 0 Å². The van der Waals surface area contributed by atoms with Crippen LogP contribution in [-0.4, -0.2) is 25.3 Å². The Kier molecular flexibility index (Phi) is 10.5. The van der Waals surface area contributed by atoms with Gasteiger partial charge in [-0.3, -0.25) is 0 Å². The van der Waals surface area contributed by atoms with Gasteiger partial charge in [0.05, 0.1) is 0 Å². The minimum absolute atomic E-state index is 0.160. The number of ether oxygens (including phenoxy) is 2. The molecule has 0 saturated heterocycles. The second-order valence-electron chi connectivity index (χ2n) is 3.14. The van der Waals surface area contributed by atoms with Crippen LogP contribution in [0.25, 0.3) is 0 Å². The van der Waals surface area contributed by atoms with Crippen molar-refractivity contribution >= 4 is 11.8 Å². The summed E-state index contributed by atoms with van der Waals surface area (Å²) in [5.41, 5.74) is 0. The van der Waals surface area contributed by atoms with E-state index in [-0.39, 0.29) is 6.29 Å². The summed E-state index contributed by atoms with van der Waals surface area (Å²) >= 11 is 1.85. The Morgan fingerprint density at radius 2 is 1.80 bits per heavy atom. The first-order valence-electron chi connectivity index (χ1n) is 5.82. The van der Waals surface area contributed by atoms with E-state index in [0.717, 1.165) is 5.75 Å². The number of hydrogen-bond acceptors (Lipinski definition) is 3. The molecule has 0 bridgehead atoms. The van der Waals surface area contributed by atoms with Crippen molar-refractivity contribution in [2.45, 2.75) is 46.8 Å². The fourth-order valence-electron chi connectivity index (χ4n) is 1.14. The molecule has 0 radical (unpaired) electrons. The lowest BCUT2D eigenvalue weighted by molar-refractivity contribution is -0.106. The zero-order valence-corrected chi connectivity index (χ0v) is 11.2. The lowest BCUT2D eigenvalue weighted by Gasteiger charge is -2.19. The van der Waals surface area contributed by atoms with Crippen molar-refractivity contribution in [3.8, 4) is 0 Å². The summed E-state index contributed by atoms with van der Waals surface area (Å²) in [7, 11) is 0. The number of rotatable bonds is 9. The zero-order valence-electron chi connectivity index (χ0n) is 10.4.